The third-order valence-corrected chi connectivity index (χ3v) is 10.2. The fraction of sp³-hybridized carbons (Fsp3) is 0.122. The molecule has 0 radical (unpaired) electrons. The molecule has 0 amide bonds. The molecule has 0 unspecified atom stereocenters. The molecule has 0 N–H and O–H groups in total. The molecule has 2 aliphatic rings. The van der Waals surface area contributed by atoms with Crippen molar-refractivity contribution < 1.29 is 15.1 Å². The Labute approximate surface area is 327 Å². The zero-order valence-electron chi connectivity index (χ0n) is 30.5. The van der Waals surface area contributed by atoms with Crippen LogP contribution in [0.1, 0.15) is 73.0 Å². The molecule has 0 saturated heterocycles. The van der Waals surface area contributed by atoms with Crippen LogP contribution in [0.3, 0.4) is 0 Å². The number of aryl methyl sites for hydroxylation is 4. The summed E-state index contributed by atoms with van der Waals surface area (Å²) in [5, 5.41) is 0. The van der Waals surface area contributed by atoms with E-state index in [0.717, 1.165) is 5.70 Å². The van der Waals surface area contributed by atoms with Crippen molar-refractivity contribution >= 4 is 21.5 Å². The second kappa shape index (κ2) is 16.3. The first-order valence-corrected chi connectivity index (χ1v) is 19.3. The first-order valence-electron chi connectivity index (χ1n) is 18.0. The van der Waals surface area contributed by atoms with E-state index >= 15 is 0 Å². The number of nitrogens with zero attached hydrogens (tertiary/aromatic N) is 2. The van der Waals surface area contributed by atoms with Gasteiger partial charge in [-0.25, -0.2) is 0 Å². The topological polar surface area (TPSA) is 6.48 Å². The number of rotatable bonds is 8. The van der Waals surface area contributed by atoms with Crippen molar-refractivity contribution in [2.75, 3.05) is 4.90 Å². The Morgan fingerprint density at radius 2 is 0.943 bits per heavy atom. The fourth-order valence-corrected chi connectivity index (χ4v) is 8.24. The summed E-state index contributed by atoms with van der Waals surface area (Å²) in [4.78, 5) is 4.78. The molecule has 6 aromatic rings. The van der Waals surface area contributed by atoms with E-state index in [2.05, 4.69) is 239 Å². The van der Waals surface area contributed by atoms with Crippen molar-refractivity contribution in [1.29, 1.82) is 0 Å². The van der Waals surface area contributed by atoms with Gasteiger partial charge in [0.2, 0.25) is 0 Å². The Kier molecular flexibility index (Phi) is 11.2. The van der Waals surface area contributed by atoms with Gasteiger partial charge in [-0.05, 0) is 90.6 Å². The molecule has 2 aliphatic heterocycles. The van der Waals surface area contributed by atoms with Gasteiger partial charge in [-0.3, -0.25) is 0 Å². The quantitative estimate of drug-likeness (QED) is 0.0866. The van der Waals surface area contributed by atoms with E-state index in [0.29, 0.717) is 0 Å². The minimum atomic E-state index is 0.0183. The summed E-state index contributed by atoms with van der Waals surface area (Å²) in [5.41, 5.74) is 17.6. The summed E-state index contributed by atoms with van der Waals surface area (Å²) < 4.78 is 0. The molecule has 267 valence electrons. The van der Waals surface area contributed by atoms with Gasteiger partial charge in [0.1, 0.15) is 0 Å². The molecule has 0 saturated carbocycles. The maximum atomic E-state index is 4.20. The van der Waals surface area contributed by atoms with Gasteiger partial charge < -0.3 is 9.80 Å². The number of allylic oxidation sites excluding steroid dienone is 3. The molecule has 53 heavy (non-hydrogen) atoms. The predicted molar refractivity (Wildman–Crippen MR) is 219 cm³/mol. The molecule has 2 heterocycles. The molecule has 0 fully saturated rings. The monoisotopic (exact) mass is 757 g/mol. The van der Waals surface area contributed by atoms with Crippen LogP contribution < -0.4 is 4.90 Å². The molecular weight excluding hydrogens is 716 g/mol. The van der Waals surface area contributed by atoms with Gasteiger partial charge in [0.05, 0.1) is 0 Å². The number of fused-ring (bicyclic) bond motifs is 1. The van der Waals surface area contributed by atoms with Gasteiger partial charge in [0, 0.05) is 34.5 Å². The van der Waals surface area contributed by atoms with Crippen molar-refractivity contribution in [3.63, 3.8) is 0 Å². The van der Waals surface area contributed by atoms with Crippen molar-refractivity contribution in [3.05, 3.63) is 244 Å². The van der Waals surface area contributed by atoms with Crippen LogP contribution in [0.2, 0.25) is 0 Å². The predicted octanol–water partition coefficient (Wildman–Crippen LogP) is 12.7. The van der Waals surface area contributed by atoms with Crippen molar-refractivity contribution in [1.82, 2.24) is 4.90 Å². The Morgan fingerprint density at radius 3 is 1.36 bits per heavy atom. The molecule has 6 aromatic carbocycles. The number of hydrogen-bond donors (Lipinski definition) is 0. The van der Waals surface area contributed by atoms with E-state index in [1.165, 1.54) is 72.6 Å². The summed E-state index contributed by atoms with van der Waals surface area (Å²) in [6.45, 7) is 11.2. The number of benzene rings is 6. The molecular formula is C49H43ClCuN2. The summed E-state index contributed by atoms with van der Waals surface area (Å²) in [7, 11) is 4.20. The number of halogens is 1. The van der Waals surface area contributed by atoms with Gasteiger partial charge in [-0.15, -0.1) is 6.67 Å². The van der Waals surface area contributed by atoms with Crippen LogP contribution in [-0.2, 0) is 15.1 Å². The molecule has 0 aliphatic carbocycles. The minimum absolute atomic E-state index is 0.0183. The first-order chi connectivity index (χ1) is 26.0. The fourth-order valence-electron chi connectivity index (χ4n) is 8.24. The van der Waals surface area contributed by atoms with Crippen molar-refractivity contribution in [3.8, 4) is 0 Å². The summed E-state index contributed by atoms with van der Waals surface area (Å²) in [6.07, 6.45) is 8.99. The van der Waals surface area contributed by atoms with E-state index in [4.69, 9.17) is 0 Å². The standard InChI is InChI=1S/C49H43N2.ClH.Cu/c1-34-28-36(3)46(37(4)29-34)45-27-17-26-42-32-50(33-51(42)45)49-43(47(38-18-9-5-10-19-38)39-20-11-6-12-21-39)30-35(2)31-44(49)48(40-22-13-7-14-23-40)41-24-15-8-16-25-41;;/h5-33,47-48H,1-4H3;1H;/q-1;;+2/p-1. The van der Waals surface area contributed by atoms with Crippen LogP contribution in [0.4, 0.5) is 5.69 Å². The van der Waals surface area contributed by atoms with Gasteiger partial charge in [-0.1, -0.05) is 163 Å². The molecule has 2 nitrogen and oxygen atoms in total. The Balaban J connectivity index is 0.00000214. The summed E-state index contributed by atoms with van der Waals surface area (Å²) >= 11 is 3.66. The van der Waals surface area contributed by atoms with Crippen LogP contribution in [0, 0.1) is 34.4 Å². The van der Waals surface area contributed by atoms with Crippen LogP contribution in [0.25, 0.3) is 5.70 Å². The van der Waals surface area contributed by atoms with E-state index in [9.17, 15) is 0 Å². The second-order valence-electron chi connectivity index (χ2n) is 13.9. The zero-order valence-corrected chi connectivity index (χ0v) is 32.2. The van der Waals surface area contributed by atoms with Crippen LogP contribution in [0.5, 0.6) is 0 Å². The van der Waals surface area contributed by atoms with E-state index in [-0.39, 0.29) is 11.8 Å². The van der Waals surface area contributed by atoms with Gasteiger partial charge in [0.15, 0.2) is 0 Å². The number of anilines is 1. The SMILES string of the molecule is Cc1cc(C)c(C2=CC=CC3=CN(c4c(C(c5ccccc5)c5ccccc5)cc(C)cc4C(c4ccccc4)c4ccccc4)[CH-]N32)c(C)c1.[Cl][Cu+]. The average Bonchev–Trinajstić information content (AvgIpc) is 3.62. The Morgan fingerprint density at radius 1 is 0.547 bits per heavy atom. The van der Waals surface area contributed by atoms with E-state index in [1.807, 2.05) is 0 Å². The van der Waals surface area contributed by atoms with Gasteiger partial charge in [-0.2, -0.15) is 0 Å². The van der Waals surface area contributed by atoms with Gasteiger partial charge in [0.25, 0.3) is 0 Å². The first kappa shape index (κ1) is 36.3. The number of hydrogen-bond acceptors (Lipinski definition) is 2. The van der Waals surface area contributed by atoms with Crippen LogP contribution >= 0.6 is 10.1 Å². The third-order valence-electron chi connectivity index (χ3n) is 10.2. The summed E-state index contributed by atoms with van der Waals surface area (Å²) in [5.74, 6) is 0.0367. The second-order valence-corrected chi connectivity index (χ2v) is 13.9. The molecule has 0 aromatic heterocycles. The van der Waals surface area contributed by atoms with E-state index in [1.54, 1.807) is 0 Å². The molecule has 0 bridgehead atoms. The summed E-state index contributed by atoms with van der Waals surface area (Å²) in [6, 6.07) is 53.4. The van der Waals surface area contributed by atoms with Crippen LogP contribution in [-0.4, -0.2) is 4.90 Å². The Hall–Kier alpha value is -5.05. The molecule has 0 spiro atoms. The average molecular weight is 759 g/mol. The third kappa shape index (κ3) is 7.44. The molecule has 0 atom stereocenters. The van der Waals surface area contributed by atoms with Crippen LogP contribution in [0.15, 0.2) is 176 Å². The maximum absolute atomic E-state index is 4.20. The van der Waals surface area contributed by atoms with Gasteiger partial charge >= 0.3 is 25.2 Å². The zero-order chi connectivity index (χ0) is 36.9. The van der Waals surface area contributed by atoms with Crippen molar-refractivity contribution in [2.24, 2.45) is 0 Å². The molecule has 4 heteroatoms. The molecule has 8 rings (SSSR count). The van der Waals surface area contributed by atoms with E-state index < -0.39 is 0 Å². The normalized spacial score (nSPS) is 13.5. The Bertz CT molecular complexity index is 2070. The van der Waals surface area contributed by atoms with Crippen molar-refractivity contribution in [2.45, 2.75) is 39.5 Å².